The van der Waals surface area contributed by atoms with Crippen molar-refractivity contribution in [2.75, 3.05) is 0 Å². The smallest absolute Gasteiger partial charge is 0.312 e. The summed E-state index contributed by atoms with van der Waals surface area (Å²) in [4.78, 5) is 0. The molecule has 0 fully saturated rings. The molecular formula is C26H20N2O3P+. The Labute approximate surface area is 185 Å². The standard InChI is InChI=1S/C26H20N2O3P/c29-32(30-17-27-23-13-5-1-9-19(23)20-10-2-6-14-24(20)27)31-18-28-25-15-7-3-11-21(25)22-12-4-8-16-26(22)28/h1-16H,17-18H2/q+1. The second-order valence-electron chi connectivity index (χ2n) is 7.66. The SMILES string of the molecule is O=[P+](OCn1c2ccccc2c2ccccc21)OCn1c2ccccc2c2ccccc21. The molecule has 0 aliphatic rings. The maximum absolute atomic E-state index is 12.7. The van der Waals surface area contributed by atoms with E-state index in [1.165, 1.54) is 0 Å². The first kappa shape index (κ1) is 19.2. The quantitative estimate of drug-likeness (QED) is 0.258. The van der Waals surface area contributed by atoms with E-state index in [0.29, 0.717) is 0 Å². The molecule has 6 aromatic rings. The fraction of sp³-hybridized carbons (Fsp3) is 0.0769. The van der Waals surface area contributed by atoms with Crippen LogP contribution in [0.3, 0.4) is 0 Å². The molecule has 0 atom stereocenters. The van der Waals surface area contributed by atoms with E-state index in [1.807, 2.05) is 81.9 Å². The number of hydrogen-bond donors (Lipinski definition) is 0. The van der Waals surface area contributed by atoms with Crippen molar-refractivity contribution < 1.29 is 13.6 Å². The number of fused-ring (bicyclic) bond motifs is 6. The maximum atomic E-state index is 12.7. The Morgan fingerprint density at radius 2 is 0.781 bits per heavy atom. The van der Waals surface area contributed by atoms with Crippen LogP contribution >= 0.6 is 8.25 Å². The Balaban J connectivity index is 1.25. The first-order chi connectivity index (χ1) is 15.8. The van der Waals surface area contributed by atoms with Gasteiger partial charge in [-0.05, 0) is 24.3 Å². The Morgan fingerprint density at radius 3 is 1.09 bits per heavy atom. The minimum atomic E-state index is -2.30. The normalized spacial score (nSPS) is 11.8. The zero-order chi connectivity index (χ0) is 21.5. The third-order valence-electron chi connectivity index (χ3n) is 5.94. The van der Waals surface area contributed by atoms with Crippen molar-refractivity contribution in [1.82, 2.24) is 9.13 Å². The predicted octanol–water partition coefficient (Wildman–Crippen LogP) is 7.21. The zero-order valence-electron chi connectivity index (χ0n) is 17.2. The van der Waals surface area contributed by atoms with E-state index in [1.54, 1.807) is 0 Å². The highest BCUT2D eigenvalue weighted by Crippen LogP contribution is 2.34. The summed E-state index contributed by atoms with van der Waals surface area (Å²) in [5.74, 6) is 0. The number of para-hydroxylation sites is 4. The molecule has 0 bridgehead atoms. The van der Waals surface area contributed by atoms with Gasteiger partial charge in [0.1, 0.15) is 0 Å². The van der Waals surface area contributed by atoms with Gasteiger partial charge in [-0.15, -0.1) is 0 Å². The molecule has 0 saturated carbocycles. The molecule has 6 rings (SSSR count). The summed E-state index contributed by atoms with van der Waals surface area (Å²) in [5, 5.41) is 4.59. The lowest BCUT2D eigenvalue weighted by molar-refractivity contribution is 0.164. The van der Waals surface area contributed by atoms with Gasteiger partial charge in [-0.3, -0.25) is 0 Å². The Morgan fingerprint density at radius 1 is 0.500 bits per heavy atom. The molecule has 5 nitrogen and oxygen atoms in total. The summed E-state index contributed by atoms with van der Waals surface area (Å²) in [6.07, 6.45) is 0. The largest absolute Gasteiger partial charge is 0.701 e. The number of hydrogen-bond acceptors (Lipinski definition) is 3. The second kappa shape index (κ2) is 7.88. The van der Waals surface area contributed by atoms with Crippen LogP contribution < -0.4 is 0 Å². The van der Waals surface area contributed by atoms with Gasteiger partial charge in [-0.1, -0.05) is 81.8 Å². The third-order valence-corrected chi connectivity index (χ3v) is 6.60. The van der Waals surface area contributed by atoms with Crippen molar-refractivity contribution >= 4 is 51.9 Å². The van der Waals surface area contributed by atoms with Crippen LogP contribution in [0.25, 0.3) is 43.6 Å². The number of aromatic nitrogens is 2. The highest BCUT2D eigenvalue weighted by atomic mass is 31.1. The lowest BCUT2D eigenvalue weighted by atomic mass is 10.2. The van der Waals surface area contributed by atoms with E-state index in [4.69, 9.17) is 9.05 Å². The van der Waals surface area contributed by atoms with E-state index in [2.05, 4.69) is 24.3 Å². The van der Waals surface area contributed by atoms with E-state index >= 15 is 0 Å². The first-order valence-electron chi connectivity index (χ1n) is 10.5. The molecule has 156 valence electrons. The van der Waals surface area contributed by atoms with Crippen LogP contribution in [-0.2, 0) is 27.1 Å². The minimum absolute atomic E-state index is 0.149. The van der Waals surface area contributed by atoms with Crippen LogP contribution in [0.15, 0.2) is 97.1 Å². The van der Waals surface area contributed by atoms with Gasteiger partial charge in [0.25, 0.3) is 0 Å². The van der Waals surface area contributed by atoms with Gasteiger partial charge < -0.3 is 9.13 Å². The summed E-state index contributed by atoms with van der Waals surface area (Å²) in [6.45, 7) is 0.298. The van der Waals surface area contributed by atoms with Gasteiger partial charge in [0, 0.05) is 26.1 Å². The van der Waals surface area contributed by atoms with Gasteiger partial charge >= 0.3 is 8.25 Å². The summed E-state index contributed by atoms with van der Waals surface area (Å²) in [7, 11) is -2.30. The zero-order valence-corrected chi connectivity index (χ0v) is 18.1. The summed E-state index contributed by atoms with van der Waals surface area (Å²) in [5.41, 5.74) is 4.16. The minimum Gasteiger partial charge on any atom is -0.312 e. The molecule has 0 aliphatic heterocycles. The maximum Gasteiger partial charge on any atom is 0.701 e. The number of benzene rings is 4. The molecule has 0 saturated heterocycles. The Kier molecular flexibility index (Phi) is 4.73. The summed E-state index contributed by atoms with van der Waals surface area (Å²) < 4.78 is 28.0. The van der Waals surface area contributed by atoms with Crippen molar-refractivity contribution in [2.24, 2.45) is 0 Å². The van der Waals surface area contributed by atoms with Gasteiger partial charge in [0.2, 0.25) is 0 Å². The van der Waals surface area contributed by atoms with Gasteiger partial charge in [0.15, 0.2) is 13.5 Å². The molecule has 6 heteroatoms. The Hall–Kier alpha value is -3.50. The van der Waals surface area contributed by atoms with E-state index in [0.717, 1.165) is 43.6 Å². The van der Waals surface area contributed by atoms with Gasteiger partial charge in [-0.2, -0.15) is 0 Å². The lowest BCUT2D eigenvalue weighted by Gasteiger charge is -2.04. The topological polar surface area (TPSA) is 45.4 Å². The van der Waals surface area contributed by atoms with Crippen LogP contribution in [0.2, 0.25) is 0 Å². The van der Waals surface area contributed by atoms with Crippen molar-refractivity contribution in [1.29, 1.82) is 0 Å². The van der Waals surface area contributed by atoms with Crippen molar-refractivity contribution in [3.63, 3.8) is 0 Å². The van der Waals surface area contributed by atoms with Crippen molar-refractivity contribution in [3.05, 3.63) is 97.1 Å². The number of rotatable bonds is 6. The van der Waals surface area contributed by atoms with E-state index in [-0.39, 0.29) is 13.5 Å². The van der Waals surface area contributed by atoms with E-state index < -0.39 is 8.25 Å². The average Bonchev–Trinajstić information content (AvgIpc) is 3.34. The van der Waals surface area contributed by atoms with Crippen LogP contribution in [0.1, 0.15) is 0 Å². The van der Waals surface area contributed by atoms with Crippen LogP contribution in [0, 0.1) is 0 Å². The molecule has 0 amide bonds. The molecule has 0 spiro atoms. The molecule has 0 unspecified atom stereocenters. The van der Waals surface area contributed by atoms with Gasteiger partial charge in [-0.25, -0.2) is 0 Å². The highest BCUT2D eigenvalue weighted by Gasteiger charge is 2.23. The van der Waals surface area contributed by atoms with Crippen LogP contribution in [-0.4, -0.2) is 9.13 Å². The number of nitrogens with zero attached hydrogens (tertiary/aromatic N) is 2. The average molecular weight is 439 g/mol. The van der Waals surface area contributed by atoms with Crippen molar-refractivity contribution in [2.45, 2.75) is 13.5 Å². The molecule has 0 radical (unpaired) electrons. The molecule has 32 heavy (non-hydrogen) atoms. The first-order valence-corrected chi connectivity index (χ1v) is 11.6. The summed E-state index contributed by atoms with van der Waals surface area (Å²) in [6, 6.07) is 32.6. The predicted molar refractivity (Wildman–Crippen MR) is 129 cm³/mol. The van der Waals surface area contributed by atoms with Crippen LogP contribution in [0.4, 0.5) is 0 Å². The highest BCUT2D eigenvalue weighted by molar-refractivity contribution is 7.33. The molecule has 4 aromatic carbocycles. The molecule has 2 heterocycles. The second-order valence-corrected chi connectivity index (χ2v) is 8.63. The van der Waals surface area contributed by atoms with Crippen molar-refractivity contribution in [3.8, 4) is 0 Å². The van der Waals surface area contributed by atoms with Gasteiger partial charge in [0.05, 0.1) is 22.1 Å². The summed E-state index contributed by atoms with van der Waals surface area (Å²) >= 11 is 0. The fourth-order valence-electron chi connectivity index (χ4n) is 4.53. The molecule has 0 aliphatic carbocycles. The lowest BCUT2D eigenvalue weighted by Crippen LogP contribution is -2.01. The third kappa shape index (κ3) is 3.10. The van der Waals surface area contributed by atoms with Crippen LogP contribution in [0.5, 0.6) is 0 Å². The fourth-order valence-corrected chi connectivity index (χ4v) is 5.03. The molecule has 0 N–H and O–H groups in total. The molecular weight excluding hydrogens is 419 g/mol. The molecule has 2 aromatic heterocycles. The Bertz CT molecular complexity index is 1390. The monoisotopic (exact) mass is 439 g/mol. The van der Waals surface area contributed by atoms with E-state index in [9.17, 15) is 4.57 Å².